The van der Waals surface area contributed by atoms with Gasteiger partial charge in [-0.25, -0.2) is 0 Å². The summed E-state index contributed by atoms with van der Waals surface area (Å²) >= 11 is 0. The molecule has 24 heavy (non-hydrogen) atoms. The lowest BCUT2D eigenvalue weighted by Gasteiger charge is -2.31. The summed E-state index contributed by atoms with van der Waals surface area (Å²) < 4.78 is 5.30. The van der Waals surface area contributed by atoms with Gasteiger partial charge in [-0.1, -0.05) is 41.9 Å². The van der Waals surface area contributed by atoms with E-state index in [9.17, 15) is 4.79 Å². The first-order chi connectivity index (χ1) is 11.7. The van der Waals surface area contributed by atoms with Gasteiger partial charge in [-0.15, -0.1) is 0 Å². The maximum absolute atomic E-state index is 12.0. The monoisotopic (exact) mass is 328 g/mol. The second kappa shape index (κ2) is 8.06. The van der Waals surface area contributed by atoms with Gasteiger partial charge >= 0.3 is 0 Å². The lowest BCUT2D eigenvalue weighted by molar-refractivity contribution is -0.120. The van der Waals surface area contributed by atoms with Crippen molar-refractivity contribution in [2.24, 2.45) is 0 Å². The van der Waals surface area contributed by atoms with Gasteiger partial charge in [-0.05, 0) is 31.9 Å². The normalized spacial score (nSPS) is 18.5. The Balaban J connectivity index is 1.47. The number of carbonyl (C=O) groups is 1. The molecule has 1 aliphatic heterocycles. The first-order valence-electron chi connectivity index (χ1n) is 8.57. The molecule has 1 unspecified atom stereocenters. The number of aromatic nitrogens is 2. The predicted molar refractivity (Wildman–Crippen MR) is 90.0 cm³/mol. The van der Waals surface area contributed by atoms with E-state index in [2.05, 4.69) is 27.3 Å². The third kappa shape index (κ3) is 4.64. The van der Waals surface area contributed by atoms with Gasteiger partial charge in [0.1, 0.15) is 0 Å². The van der Waals surface area contributed by atoms with Crippen molar-refractivity contribution in [1.29, 1.82) is 0 Å². The minimum absolute atomic E-state index is 0.0995. The lowest BCUT2D eigenvalue weighted by Crippen LogP contribution is -2.36. The first kappa shape index (κ1) is 16.6. The summed E-state index contributed by atoms with van der Waals surface area (Å²) in [6.45, 7) is 4.47. The van der Waals surface area contributed by atoms with Crippen LogP contribution in [0.25, 0.3) is 0 Å². The number of piperidine rings is 1. The molecule has 6 nitrogen and oxygen atoms in total. The number of likely N-dealkylation sites (tertiary alicyclic amines) is 1. The molecule has 1 fully saturated rings. The molecule has 0 aliphatic carbocycles. The number of rotatable bonds is 6. The van der Waals surface area contributed by atoms with Gasteiger partial charge in [0.2, 0.25) is 11.8 Å². The van der Waals surface area contributed by atoms with Crippen molar-refractivity contribution >= 4 is 5.91 Å². The highest BCUT2D eigenvalue weighted by Gasteiger charge is 2.21. The molecule has 1 saturated heterocycles. The van der Waals surface area contributed by atoms with Gasteiger partial charge in [0.05, 0.1) is 13.0 Å². The summed E-state index contributed by atoms with van der Waals surface area (Å²) in [7, 11) is 0. The average molecular weight is 328 g/mol. The van der Waals surface area contributed by atoms with Crippen LogP contribution in [0, 0.1) is 0 Å². The van der Waals surface area contributed by atoms with E-state index in [0.29, 0.717) is 30.8 Å². The zero-order chi connectivity index (χ0) is 16.8. The van der Waals surface area contributed by atoms with Crippen LogP contribution in [0.4, 0.5) is 0 Å². The minimum Gasteiger partial charge on any atom is -0.352 e. The highest BCUT2D eigenvalue weighted by molar-refractivity contribution is 5.77. The number of hydrogen-bond acceptors (Lipinski definition) is 5. The van der Waals surface area contributed by atoms with Crippen LogP contribution >= 0.6 is 0 Å². The number of nitrogens with zero attached hydrogens (tertiary/aromatic N) is 3. The highest BCUT2D eigenvalue weighted by atomic mass is 16.5. The fourth-order valence-corrected chi connectivity index (χ4v) is 3.00. The van der Waals surface area contributed by atoms with Crippen LogP contribution in [0.15, 0.2) is 34.9 Å². The third-order valence-electron chi connectivity index (χ3n) is 4.44. The molecule has 2 heterocycles. The molecule has 0 radical (unpaired) electrons. The quantitative estimate of drug-likeness (QED) is 0.881. The average Bonchev–Trinajstić information content (AvgIpc) is 3.03. The molecule has 128 valence electrons. The van der Waals surface area contributed by atoms with Crippen LogP contribution in [-0.2, 0) is 24.3 Å². The van der Waals surface area contributed by atoms with Crippen LogP contribution in [0.1, 0.15) is 43.5 Å². The van der Waals surface area contributed by atoms with E-state index in [4.69, 9.17) is 4.52 Å². The van der Waals surface area contributed by atoms with Crippen LogP contribution in [0.2, 0.25) is 0 Å². The second-order valence-corrected chi connectivity index (χ2v) is 6.36. The minimum atomic E-state index is -0.0995. The van der Waals surface area contributed by atoms with E-state index in [1.807, 2.05) is 30.3 Å². The zero-order valence-electron chi connectivity index (χ0n) is 14.1. The fourth-order valence-electron chi connectivity index (χ4n) is 3.00. The molecule has 1 aliphatic rings. The van der Waals surface area contributed by atoms with E-state index in [1.165, 1.54) is 19.3 Å². The Morgan fingerprint density at radius 1 is 1.33 bits per heavy atom. The Labute approximate surface area is 142 Å². The molecule has 0 bridgehead atoms. The number of nitrogens with one attached hydrogen (secondary N) is 1. The van der Waals surface area contributed by atoms with E-state index in [-0.39, 0.29) is 12.3 Å². The molecule has 1 aromatic heterocycles. The van der Waals surface area contributed by atoms with Crippen LogP contribution in [0.5, 0.6) is 0 Å². The summed E-state index contributed by atoms with van der Waals surface area (Å²) in [5.74, 6) is 0.937. The van der Waals surface area contributed by atoms with Crippen molar-refractivity contribution in [3.63, 3.8) is 0 Å². The molecule has 6 heteroatoms. The Bertz CT molecular complexity index is 656. The topological polar surface area (TPSA) is 71.3 Å². The Morgan fingerprint density at radius 2 is 2.17 bits per heavy atom. The molecular formula is C18H24N4O2. The lowest BCUT2D eigenvalue weighted by atomic mass is 10.0. The molecule has 1 amide bonds. The van der Waals surface area contributed by atoms with Crippen molar-refractivity contribution in [2.75, 3.05) is 6.54 Å². The van der Waals surface area contributed by atoms with Gasteiger partial charge in [0.25, 0.3) is 0 Å². The van der Waals surface area contributed by atoms with Gasteiger partial charge in [0, 0.05) is 12.6 Å². The van der Waals surface area contributed by atoms with Crippen LogP contribution in [-0.4, -0.2) is 33.5 Å². The molecular weight excluding hydrogens is 304 g/mol. The van der Waals surface area contributed by atoms with Gasteiger partial charge in [-0.3, -0.25) is 9.69 Å². The van der Waals surface area contributed by atoms with Crippen molar-refractivity contribution in [3.8, 4) is 0 Å². The van der Waals surface area contributed by atoms with E-state index in [1.54, 1.807) is 0 Å². The SMILES string of the molecule is CC1CCCCN1Cc1nc(CC(=O)NCc2ccccc2)no1. The van der Waals surface area contributed by atoms with Crippen molar-refractivity contribution < 1.29 is 9.32 Å². The van der Waals surface area contributed by atoms with Gasteiger partial charge < -0.3 is 9.84 Å². The van der Waals surface area contributed by atoms with Gasteiger partial charge in [0.15, 0.2) is 5.82 Å². The van der Waals surface area contributed by atoms with E-state index in [0.717, 1.165) is 12.1 Å². The van der Waals surface area contributed by atoms with E-state index >= 15 is 0 Å². The fraction of sp³-hybridized carbons (Fsp3) is 0.500. The van der Waals surface area contributed by atoms with Crippen LogP contribution < -0.4 is 5.32 Å². The van der Waals surface area contributed by atoms with Gasteiger partial charge in [-0.2, -0.15) is 4.98 Å². The third-order valence-corrected chi connectivity index (χ3v) is 4.44. The first-order valence-corrected chi connectivity index (χ1v) is 8.57. The smallest absolute Gasteiger partial charge is 0.240 e. The molecule has 0 saturated carbocycles. The number of carbonyl (C=O) groups excluding carboxylic acids is 1. The van der Waals surface area contributed by atoms with Crippen molar-refractivity contribution in [3.05, 3.63) is 47.6 Å². The van der Waals surface area contributed by atoms with Crippen molar-refractivity contribution in [1.82, 2.24) is 20.4 Å². The Morgan fingerprint density at radius 3 is 2.96 bits per heavy atom. The van der Waals surface area contributed by atoms with Crippen LogP contribution in [0.3, 0.4) is 0 Å². The maximum Gasteiger partial charge on any atom is 0.240 e. The molecule has 1 atom stereocenters. The number of hydrogen-bond donors (Lipinski definition) is 1. The molecule has 0 spiro atoms. The van der Waals surface area contributed by atoms with E-state index < -0.39 is 0 Å². The number of amides is 1. The largest absolute Gasteiger partial charge is 0.352 e. The molecule has 1 N–H and O–H groups in total. The zero-order valence-corrected chi connectivity index (χ0v) is 14.1. The number of benzene rings is 1. The maximum atomic E-state index is 12.0. The Kier molecular flexibility index (Phi) is 5.59. The Hall–Kier alpha value is -2.21. The van der Waals surface area contributed by atoms with Crippen molar-refractivity contribution in [2.45, 2.75) is 51.7 Å². The molecule has 1 aromatic carbocycles. The summed E-state index contributed by atoms with van der Waals surface area (Å²) in [6.07, 6.45) is 3.86. The summed E-state index contributed by atoms with van der Waals surface area (Å²) in [6, 6.07) is 10.4. The summed E-state index contributed by atoms with van der Waals surface area (Å²) in [4.78, 5) is 18.7. The highest BCUT2D eigenvalue weighted by Crippen LogP contribution is 2.18. The summed E-state index contributed by atoms with van der Waals surface area (Å²) in [5, 5.41) is 6.80. The standard InChI is InChI=1S/C18H24N4O2/c1-14-7-5-6-10-22(14)13-18-20-16(21-24-18)11-17(23)19-12-15-8-3-2-4-9-15/h2-4,8-9,14H,5-7,10-13H2,1H3,(H,19,23). The molecule has 2 aromatic rings. The summed E-state index contributed by atoms with van der Waals surface area (Å²) in [5.41, 5.74) is 1.07. The second-order valence-electron chi connectivity index (χ2n) is 6.36. The predicted octanol–water partition coefficient (Wildman–Crippen LogP) is 2.30. The molecule has 3 rings (SSSR count).